The van der Waals surface area contributed by atoms with Crippen LogP contribution in [0.4, 0.5) is 4.39 Å². The quantitative estimate of drug-likeness (QED) is 0.670. The Bertz CT molecular complexity index is 559. The van der Waals surface area contributed by atoms with Crippen molar-refractivity contribution in [1.29, 1.82) is 0 Å². The Balaban J connectivity index is 2.14. The molecule has 0 saturated carbocycles. The molecule has 1 heterocycles. The van der Waals surface area contributed by atoms with E-state index in [1.165, 1.54) is 24.0 Å². The Hall–Kier alpha value is -1.40. The van der Waals surface area contributed by atoms with Crippen molar-refractivity contribution < 1.29 is 9.18 Å². The molecule has 1 aliphatic rings. The van der Waals surface area contributed by atoms with Gasteiger partial charge in [-0.3, -0.25) is 4.79 Å². The molecule has 18 heavy (non-hydrogen) atoms. The van der Waals surface area contributed by atoms with Crippen LogP contribution in [0.25, 0.3) is 0 Å². The Morgan fingerprint density at radius 3 is 3.00 bits per heavy atom. The second kappa shape index (κ2) is 5.49. The van der Waals surface area contributed by atoms with E-state index in [1.807, 2.05) is 0 Å². The van der Waals surface area contributed by atoms with Crippen LogP contribution in [0.15, 0.2) is 22.3 Å². The molecule has 1 aliphatic heterocycles. The van der Waals surface area contributed by atoms with Gasteiger partial charge in [-0.2, -0.15) is 5.10 Å². The fourth-order valence-corrected chi connectivity index (χ4v) is 2.13. The van der Waals surface area contributed by atoms with Gasteiger partial charge in [-0.25, -0.2) is 4.39 Å². The third-order valence-electron chi connectivity index (χ3n) is 2.21. The predicted octanol–water partition coefficient (Wildman–Crippen LogP) is 2.34. The lowest BCUT2D eigenvalue weighted by Crippen LogP contribution is -2.19. The molecule has 0 aliphatic carbocycles. The normalized spacial score (nSPS) is 17.7. The number of nitrogens with one attached hydrogen (secondary N) is 1. The summed E-state index contributed by atoms with van der Waals surface area (Å²) < 4.78 is 13.2. The van der Waals surface area contributed by atoms with Gasteiger partial charge in [0.2, 0.25) is 5.91 Å². The van der Waals surface area contributed by atoms with E-state index in [0.717, 1.165) is 0 Å². The topological polar surface area (TPSA) is 53.8 Å². The van der Waals surface area contributed by atoms with Crippen molar-refractivity contribution >= 4 is 40.7 Å². The summed E-state index contributed by atoms with van der Waals surface area (Å²) in [6.45, 7) is 1.64. The maximum absolute atomic E-state index is 13.2. The van der Waals surface area contributed by atoms with E-state index in [-0.39, 0.29) is 16.7 Å². The summed E-state index contributed by atoms with van der Waals surface area (Å²) in [5, 5.41) is 10.9. The zero-order chi connectivity index (χ0) is 13.1. The van der Waals surface area contributed by atoms with Crippen molar-refractivity contribution in [2.75, 3.05) is 5.75 Å². The number of carbonyl (C=O) groups excluding carboxylic acids is 1. The highest BCUT2D eigenvalue weighted by Crippen LogP contribution is 2.19. The molecule has 1 fully saturated rings. The fraction of sp³-hybridized carbons (Fsp3) is 0.182. The van der Waals surface area contributed by atoms with E-state index in [9.17, 15) is 9.18 Å². The van der Waals surface area contributed by atoms with Gasteiger partial charge in [0.1, 0.15) is 5.82 Å². The fourth-order valence-electron chi connectivity index (χ4n) is 1.30. The van der Waals surface area contributed by atoms with Crippen LogP contribution >= 0.6 is 23.4 Å². The highest BCUT2D eigenvalue weighted by Gasteiger charge is 2.15. The van der Waals surface area contributed by atoms with Gasteiger partial charge in [0.25, 0.3) is 0 Å². The Morgan fingerprint density at radius 1 is 1.56 bits per heavy atom. The van der Waals surface area contributed by atoms with Crippen LogP contribution in [0.5, 0.6) is 0 Å². The first-order valence-corrected chi connectivity index (χ1v) is 6.42. The lowest BCUT2D eigenvalue weighted by Gasteiger charge is -2.00. The minimum Gasteiger partial charge on any atom is -0.303 e. The van der Waals surface area contributed by atoms with Gasteiger partial charge in [0, 0.05) is 5.56 Å². The number of benzene rings is 1. The summed E-state index contributed by atoms with van der Waals surface area (Å²) in [7, 11) is 0. The van der Waals surface area contributed by atoms with Crippen molar-refractivity contribution in [3.8, 4) is 0 Å². The minimum absolute atomic E-state index is 0.0930. The number of thioether (sulfide) groups is 1. The predicted molar refractivity (Wildman–Crippen MR) is 71.8 cm³/mol. The van der Waals surface area contributed by atoms with E-state index < -0.39 is 0 Å². The summed E-state index contributed by atoms with van der Waals surface area (Å²) >= 11 is 7.14. The maximum atomic E-state index is 13.2. The molecular formula is C11H9ClFN3OS. The molecule has 1 aromatic rings. The number of carbonyl (C=O) groups is 1. The van der Waals surface area contributed by atoms with E-state index in [1.54, 1.807) is 13.0 Å². The van der Waals surface area contributed by atoms with Crippen LogP contribution in [0.2, 0.25) is 5.02 Å². The van der Waals surface area contributed by atoms with E-state index in [4.69, 9.17) is 11.6 Å². The molecule has 4 nitrogen and oxygen atoms in total. The highest BCUT2D eigenvalue weighted by molar-refractivity contribution is 8.15. The van der Waals surface area contributed by atoms with Gasteiger partial charge in [-0.15, -0.1) is 5.10 Å². The van der Waals surface area contributed by atoms with Crippen LogP contribution < -0.4 is 5.32 Å². The number of halogens is 2. The molecule has 0 atom stereocenters. The zero-order valence-corrected chi connectivity index (χ0v) is 11.0. The first kappa shape index (κ1) is 13.0. The van der Waals surface area contributed by atoms with E-state index in [0.29, 0.717) is 22.0 Å². The standard InChI is InChI=1S/C11H9ClFN3OS/c1-6-2-7(8(12)3-9(6)13)4-14-16-11-15-10(17)5-18-11/h2-4H,5H2,1H3,(H,15,16,17). The Morgan fingerprint density at radius 2 is 2.33 bits per heavy atom. The van der Waals surface area contributed by atoms with Crippen LogP contribution in [0.3, 0.4) is 0 Å². The summed E-state index contributed by atoms with van der Waals surface area (Å²) in [6, 6.07) is 2.82. The number of amides is 1. The lowest BCUT2D eigenvalue weighted by molar-refractivity contribution is -0.116. The number of hydrogen-bond acceptors (Lipinski definition) is 4. The average molecular weight is 286 g/mol. The SMILES string of the molecule is Cc1cc(C=NN=C2NC(=O)CS2)c(Cl)cc1F. The zero-order valence-electron chi connectivity index (χ0n) is 9.41. The van der Waals surface area contributed by atoms with Crippen molar-refractivity contribution in [1.82, 2.24) is 5.32 Å². The van der Waals surface area contributed by atoms with Crippen molar-refractivity contribution in [2.45, 2.75) is 6.92 Å². The molecule has 0 aromatic heterocycles. The minimum atomic E-state index is -0.359. The number of amidine groups is 1. The number of nitrogens with zero attached hydrogens (tertiary/aromatic N) is 2. The Labute approximate surface area is 112 Å². The lowest BCUT2D eigenvalue weighted by atomic mass is 10.1. The Kier molecular flexibility index (Phi) is 3.98. The van der Waals surface area contributed by atoms with Gasteiger partial charge in [0.05, 0.1) is 17.0 Å². The van der Waals surface area contributed by atoms with Crippen LogP contribution in [0, 0.1) is 12.7 Å². The van der Waals surface area contributed by atoms with Crippen LogP contribution in [-0.4, -0.2) is 23.0 Å². The monoisotopic (exact) mass is 285 g/mol. The van der Waals surface area contributed by atoms with Crippen LogP contribution in [0.1, 0.15) is 11.1 Å². The molecule has 1 amide bonds. The van der Waals surface area contributed by atoms with Crippen LogP contribution in [-0.2, 0) is 4.79 Å². The van der Waals surface area contributed by atoms with Gasteiger partial charge in [0.15, 0.2) is 5.17 Å². The van der Waals surface area contributed by atoms with Gasteiger partial charge in [-0.1, -0.05) is 23.4 Å². The molecule has 2 rings (SSSR count). The summed E-state index contributed by atoms with van der Waals surface area (Å²) in [6.07, 6.45) is 1.42. The molecule has 1 saturated heterocycles. The summed E-state index contributed by atoms with van der Waals surface area (Å²) in [4.78, 5) is 10.9. The van der Waals surface area contributed by atoms with Gasteiger partial charge < -0.3 is 5.32 Å². The summed E-state index contributed by atoms with van der Waals surface area (Å²) in [5.41, 5.74) is 1.06. The molecule has 0 spiro atoms. The van der Waals surface area contributed by atoms with Crippen molar-refractivity contribution in [3.05, 3.63) is 34.1 Å². The molecular weight excluding hydrogens is 277 g/mol. The molecule has 0 bridgehead atoms. The second-order valence-corrected chi connectivity index (χ2v) is 4.98. The van der Waals surface area contributed by atoms with Gasteiger partial charge in [-0.05, 0) is 24.6 Å². The van der Waals surface area contributed by atoms with E-state index in [2.05, 4.69) is 15.5 Å². The summed E-state index contributed by atoms with van der Waals surface area (Å²) in [5.74, 6) is -0.100. The van der Waals surface area contributed by atoms with Crippen molar-refractivity contribution in [2.24, 2.45) is 10.2 Å². The van der Waals surface area contributed by atoms with Gasteiger partial charge >= 0.3 is 0 Å². The first-order chi connectivity index (χ1) is 8.56. The average Bonchev–Trinajstić information content (AvgIpc) is 2.71. The number of aryl methyl sites for hydroxylation is 1. The maximum Gasteiger partial charge on any atom is 0.236 e. The third-order valence-corrected chi connectivity index (χ3v) is 3.40. The highest BCUT2D eigenvalue weighted by atomic mass is 35.5. The molecule has 1 aromatic carbocycles. The van der Waals surface area contributed by atoms with Crippen molar-refractivity contribution in [3.63, 3.8) is 0 Å². The molecule has 94 valence electrons. The van der Waals surface area contributed by atoms with E-state index >= 15 is 0 Å². The molecule has 0 radical (unpaired) electrons. The number of hydrogen-bond donors (Lipinski definition) is 1. The second-order valence-electron chi connectivity index (χ2n) is 3.61. The third kappa shape index (κ3) is 3.08. The first-order valence-electron chi connectivity index (χ1n) is 5.05. The number of rotatable bonds is 2. The molecule has 1 N–H and O–H groups in total. The largest absolute Gasteiger partial charge is 0.303 e. The molecule has 7 heteroatoms. The smallest absolute Gasteiger partial charge is 0.236 e. The molecule has 0 unspecified atom stereocenters.